The van der Waals surface area contributed by atoms with E-state index in [0.29, 0.717) is 13.1 Å². The quantitative estimate of drug-likeness (QED) is 0.770. The topological polar surface area (TPSA) is 49.9 Å². The van der Waals surface area contributed by atoms with Gasteiger partial charge in [-0.05, 0) is 18.4 Å². The maximum Gasteiger partial charge on any atom is 0.411 e. The molecule has 2 aliphatic rings. The van der Waals surface area contributed by atoms with Gasteiger partial charge in [0.1, 0.15) is 12.1 Å². The summed E-state index contributed by atoms with van der Waals surface area (Å²) in [6.45, 7) is 1.47. The molecule has 5 nitrogen and oxygen atoms in total. The van der Waals surface area contributed by atoms with Crippen LogP contribution in [-0.2, 0) is 16.1 Å². The average molecular weight is 274 g/mol. The lowest BCUT2D eigenvalue weighted by Gasteiger charge is -2.48. The largest absolute Gasteiger partial charge is 0.445 e. The number of nitrogens with zero attached hydrogens (tertiary/aromatic N) is 2. The third-order valence-electron chi connectivity index (χ3n) is 4.16. The highest BCUT2D eigenvalue weighted by Gasteiger charge is 2.58. The van der Waals surface area contributed by atoms with Crippen LogP contribution in [0.1, 0.15) is 18.4 Å². The van der Waals surface area contributed by atoms with Crippen molar-refractivity contribution in [1.82, 2.24) is 9.80 Å². The van der Waals surface area contributed by atoms with Gasteiger partial charge >= 0.3 is 6.09 Å². The molecule has 2 aliphatic heterocycles. The van der Waals surface area contributed by atoms with E-state index in [1.165, 1.54) is 0 Å². The van der Waals surface area contributed by atoms with Gasteiger partial charge in [-0.3, -0.25) is 9.69 Å². The summed E-state index contributed by atoms with van der Waals surface area (Å²) in [5, 5.41) is 0. The highest BCUT2D eigenvalue weighted by Crippen LogP contribution is 2.38. The minimum atomic E-state index is -0.622. The van der Waals surface area contributed by atoms with Crippen molar-refractivity contribution >= 4 is 12.0 Å². The van der Waals surface area contributed by atoms with Gasteiger partial charge in [0.2, 0.25) is 5.91 Å². The van der Waals surface area contributed by atoms with Crippen LogP contribution in [0.25, 0.3) is 0 Å². The second kappa shape index (κ2) is 4.81. The standard InChI is InChI=1S/C15H18N2O3/c1-16-11-15(13(16)18)8-5-9-17(15)14(19)20-10-12-6-3-2-4-7-12/h2-4,6-7H,5,8-11H2,1H3. The van der Waals surface area contributed by atoms with E-state index in [1.54, 1.807) is 16.8 Å². The summed E-state index contributed by atoms with van der Waals surface area (Å²) in [5.41, 5.74) is 0.328. The van der Waals surface area contributed by atoms with Crippen LogP contribution in [0.5, 0.6) is 0 Å². The Morgan fingerprint density at radius 3 is 2.75 bits per heavy atom. The molecule has 2 fully saturated rings. The molecule has 106 valence electrons. The summed E-state index contributed by atoms with van der Waals surface area (Å²) in [6.07, 6.45) is 1.23. The molecule has 1 unspecified atom stereocenters. The molecule has 0 radical (unpaired) electrons. The van der Waals surface area contributed by atoms with Crippen molar-refractivity contribution in [2.24, 2.45) is 0 Å². The molecule has 1 aromatic carbocycles. The molecule has 0 bridgehead atoms. The number of likely N-dealkylation sites (tertiary alicyclic amines) is 2. The summed E-state index contributed by atoms with van der Waals surface area (Å²) in [4.78, 5) is 27.5. The first-order chi connectivity index (χ1) is 9.63. The lowest BCUT2D eigenvalue weighted by molar-refractivity contribution is -0.157. The van der Waals surface area contributed by atoms with Gasteiger partial charge in [0.15, 0.2) is 0 Å². The first kappa shape index (κ1) is 13.0. The monoisotopic (exact) mass is 274 g/mol. The number of benzene rings is 1. The molecule has 0 aliphatic carbocycles. The molecule has 2 heterocycles. The fourth-order valence-corrected chi connectivity index (χ4v) is 3.12. The SMILES string of the molecule is CN1CC2(CCCN2C(=O)OCc2ccccc2)C1=O. The van der Waals surface area contributed by atoms with Gasteiger partial charge in [-0.15, -0.1) is 0 Å². The van der Waals surface area contributed by atoms with E-state index in [2.05, 4.69) is 0 Å². The number of amides is 2. The molecule has 2 saturated heterocycles. The third kappa shape index (κ3) is 1.94. The number of rotatable bonds is 2. The fourth-order valence-electron chi connectivity index (χ4n) is 3.12. The summed E-state index contributed by atoms with van der Waals surface area (Å²) in [6, 6.07) is 9.56. The van der Waals surface area contributed by atoms with Gasteiger partial charge in [0, 0.05) is 13.6 Å². The van der Waals surface area contributed by atoms with Crippen molar-refractivity contribution in [3.63, 3.8) is 0 Å². The molecular weight excluding hydrogens is 256 g/mol. The second-order valence-electron chi connectivity index (χ2n) is 5.49. The summed E-state index contributed by atoms with van der Waals surface area (Å²) in [7, 11) is 1.76. The van der Waals surface area contributed by atoms with Crippen molar-refractivity contribution in [3.05, 3.63) is 35.9 Å². The van der Waals surface area contributed by atoms with Gasteiger partial charge in [-0.1, -0.05) is 30.3 Å². The van der Waals surface area contributed by atoms with Crippen LogP contribution in [0.2, 0.25) is 0 Å². The van der Waals surface area contributed by atoms with Crippen molar-refractivity contribution in [1.29, 1.82) is 0 Å². The summed E-state index contributed by atoms with van der Waals surface area (Å²) < 4.78 is 5.34. The Morgan fingerprint density at radius 1 is 1.35 bits per heavy atom. The highest BCUT2D eigenvalue weighted by molar-refractivity contribution is 5.96. The average Bonchev–Trinajstić information content (AvgIpc) is 2.92. The van der Waals surface area contributed by atoms with E-state index in [0.717, 1.165) is 18.4 Å². The maximum atomic E-state index is 12.2. The number of likely N-dealkylation sites (N-methyl/N-ethyl adjacent to an activating group) is 1. The van der Waals surface area contributed by atoms with E-state index in [4.69, 9.17) is 4.74 Å². The maximum absolute atomic E-state index is 12.2. The highest BCUT2D eigenvalue weighted by atomic mass is 16.6. The fraction of sp³-hybridized carbons (Fsp3) is 0.467. The smallest absolute Gasteiger partial charge is 0.411 e. The van der Waals surface area contributed by atoms with Crippen LogP contribution in [0, 0.1) is 0 Å². The van der Waals surface area contributed by atoms with E-state index < -0.39 is 5.54 Å². The van der Waals surface area contributed by atoms with Crippen molar-refractivity contribution in [2.75, 3.05) is 20.1 Å². The van der Waals surface area contributed by atoms with Crippen LogP contribution in [0.15, 0.2) is 30.3 Å². The zero-order valence-corrected chi connectivity index (χ0v) is 11.5. The van der Waals surface area contributed by atoms with Gasteiger partial charge < -0.3 is 9.64 Å². The molecule has 3 rings (SSSR count). The third-order valence-corrected chi connectivity index (χ3v) is 4.16. The predicted molar refractivity (Wildman–Crippen MR) is 72.9 cm³/mol. The van der Waals surface area contributed by atoms with Crippen LogP contribution in [0.4, 0.5) is 4.79 Å². The van der Waals surface area contributed by atoms with Crippen LogP contribution >= 0.6 is 0 Å². The number of β-lactam (4-membered cyclic amide) rings is 1. The van der Waals surface area contributed by atoms with Crippen molar-refractivity contribution < 1.29 is 14.3 Å². The number of hydrogen-bond donors (Lipinski definition) is 0. The lowest BCUT2D eigenvalue weighted by Crippen LogP contribution is -2.71. The van der Waals surface area contributed by atoms with Crippen molar-refractivity contribution in [2.45, 2.75) is 25.0 Å². The minimum absolute atomic E-state index is 0.0339. The number of carbonyl (C=O) groups is 2. The molecular formula is C15H18N2O3. The summed E-state index contributed by atoms with van der Waals surface area (Å²) >= 11 is 0. The Labute approximate surface area is 118 Å². The predicted octanol–water partition coefficient (Wildman–Crippen LogP) is 1.63. The lowest BCUT2D eigenvalue weighted by atomic mass is 9.86. The molecule has 1 aromatic rings. The van der Waals surface area contributed by atoms with E-state index in [-0.39, 0.29) is 18.6 Å². The zero-order valence-electron chi connectivity index (χ0n) is 11.5. The van der Waals surface area contributed by atoms with E-state index in [1.807, 2.05) is 30.3 Å². The molecule has 0 aromatic heterocycles. The number of carbonyl (C=O) groups excluding carboxylic acids is 2. The van der Waals surface area contributed by atoms with Crippen LogP contribution < -0.4 is 0 Å². The Bertz CT molecular complexity index is 531. The number of hydrogen-bond acceptors (Lipinski definition) is 3. The molecule has 1 spiro atoms. The van der Waals surface area contributed by atoms with E-state index in [9.17, 15) is 9.59 Å². The van der Waals surface area contributed by atoms with Crippen LogP contribution in [0.3, 0.4) is 0 Å². The Morgan fingerprint density at radius 2 is 2.10 bits per heavy atom. The van der Waals surface area contributed by atoms with Crippen molar-refractivity contribution in [3.8, 4) is 0 Å². The molecule has 0 N–H and O–H groups in total. The molecule has 1 atom stereocenters. The zero-order chi connectivity index (χ0) is 14.2. The Hall–Kier alpha value is -2.04. The second-order valence-corrected chi connectivity index (χ2v) is 5.49. The van der Waals surface area contributed by atoms with E-state index >= 15 is 0 Å². The van der Waals surface area contributed by atoms with Gasteiger partial charge in [-0.2, -0.15) is 0 Å². The molecule has 2 amide bonds. The molecule has 20 heavy (non-hydrogen) atoms. The Balaban J connectivity index is 1.64. The van der Waals surface area contributed by atoms with Gasteiger partial charge in [0.25, 0.3) is 0 Å². The van der Waals surface area contributed by atoms with Crippen LogP contribution in [-0.4, -0.2) is 47.5 Å². The molecule has 5 heteroatoms. The number of ether oxygens (including phenoxy) is 1. The normalized spacial score (nSPS) is 24.9. The first-order valence-electron chi connectivity index (χ1n) is 6.87. The van der Waals surface area contributed by atoms with Gasteiger partial charge in [-0.25, -0.2) is 4.79 Å². The minimum Gasteiger partial charge on any atom is -0.445 e. The summed E-state index contributed by atoms with van der Waals surface area (Å²) in [5.74, 6) is 0.0339. The molecule has 0 saturated carbocycles. The Kier molecular flexibility index (Phi) is 3.12. The first-order valence-corrected chi connectivity index (χ1v) is 6.87. The van der Waals surface area contributed by atoms with Gasteiger partial charge in [0.05, 0.1) is 6.54 Å².